The van der Waals surface area contributed by atoms with Crippen molar-refractivity contribution in [3.05, 3.63) is 69.9 Å². The predicted octanol–water partition coefficient (Wildman–Crippen LogP) is 18.2. The van der Waals surface area contributed by atoms with Gasteiger partial charge >= 0.3 is 27.6 Å². The number of methoxy groups -OCH3 is 4. The van der Waals surface area contributed by atoms with Gasteiger partial charge in [-0.25, -0.2) is 4.79 Å². The van der Waals surface area contributed by atoms with Crippen molar-refractivity contribution in [3.8, 4) is 11.5 Å². The first-order valence-electron chi connectivity index (χ1n) is 32.6. The molecule has 0 aliphatic carbocycles. The summed E-state index contributed by atoms with van der Waals surface area (Å²) in [5.74, 6) is -0.133. The molecule has 0 aromatic heterocycles. The van der Waals surface area contributed by atoms with Gasteiger partial charge in [-0.3, -0.25) is 8.98 Å². The molecule has 0 saturated carbocycles. The zero-order chi connectivity index (χ0) is 70.4. The molecular weight excluding hydrogens is 1370 g/mol. The van der Waals surface area contributed by atoms with Crippen LogP contribution < -0.4 is 9.47 Å². The summed E-state index contributed by atoms with van der Waals surface area (Å²) in [6.45, 7) is 38.8. The summed E-state index contributed by atoms with van der Waals surface area (Å²) in [5.41, 5.74) is -3.63. The van der Waals surface area contributed by atoms with Crippen LogP contribution in [0.1, 0.15) is 167 Å². The van der Waals surface area contributed by atoms with E-state index in [-0.39, 0.29) is 65.3 Å². The topological polar surface area (TPSA) is 170 Å². The molecule has 1 rings (SSSR count). The zero-order valence-corrected chi connectivity index (χ0v) is 65.9. The number of halogens is 4. The smallest absolute Gasteiger partial charge is 0.497 e. The second kappa shape index (κ2) is 42.5. The quantitative estimate of drug-likeness (QED) is 0.00694. The fraction of sp³-hybridized carbons (Fsp3) is 0.768. The molecule has 0 amide bonds. The first-order chi connectivity index (χ1) is 42.7. The van der Waals surface area contributed by atoms with E-state index in [9.17, 15) is 31.2 Å². The fourth-order valence-electron chi connectivity index (χ4n) is 10.4. The van der Waals surface area contributed by atoms with Crippen LogP contribution in [0, 0.1) is 35.5 Å². The van der Waals surface area contributed by atoms with Gasteiger partial charge in [-0.2, -0.15) is 21.6 Å². The Morgan fingerprint density at radius 2 is 1.30 bits per heavy atom. The zero-order valence-electron chi connectivity index (χ0n) is 60.1. The summed E-state index contributed by atoms with van der Waals surface area (Å²) >= 11 is 3.77. The van der Waals surface area contributed by atoms with Crippen molar-refractivity contribution in [2.24, 2.45) is 35.5 Å². The number of thioether (sulfide) groups is 1. The Kier molecular flexibility index (Phi) is 40.5. The number of ether oxygens (including phenoxy) is 8. The predicted molar refractivity (Wildman–Crippen MR) is 381 cm³/mol. The lowest BCUT2D eigenvalue weighted by molar-refractivity contribution is -0.157. The van der Waals surface area contributed by atoms with Crippen LogP contribution in [0.15, 0.2) is 64.3 Å². The fourth-order valence-corrected chi connectivity index (χ4v) is 14.0. The molecule has 15 nitrogen and oxygen atoms in total. The average Bonchev–Trinajstić information content (AvgIpc) is 0.834. The van der Waals surface area contributed by atoms with E-state index in [1.165, 1.54) is 25.7 Å². The Morgan fingerprint density at radius 1 is 0.685 bits per heavy atom. The van der Waals surface area contributed by atoms with Crippen molar-refractivity contribution in [1.82, 2.24) is 0 Å². The third kappa shape index (κ3) is 31.5. The van der Waals surface area contributed by atoms with E-state index in [1.807, 2.05) is 55.6 Å². The van der Waals surface area contributed by atoms with Crippen molar-refractivity contribution in [2.45, 2.75) is 252 Å². The molecule has 0 radical (unpaired) electrons. The van der Waals surface area contributed by atoms with E-state index in [0.29, 0.717) is 61.0 Å². The molecule has 0 aliphatic heterocycles. The number of carbonyl (C=O) groups is 2. The van der Waals surface area contributed by atoms with Crippen molar-refractivity contribution < 1.29 is 82.1 Å². The summed E-state index contributed by atoms with van der Waals surface area (Å²) in [5, 5.41) is 0.184. The lowest BCUT2D eigenvalue weighted by Gasteiger charge is -2.44. The van der Waals surface area contributed by atoms with Crippen LogP contribution in [0.2, 0.25) is 36.3 Å². The minimum Gasteiger partial charge on any atom is -0.497 e. The molecule has 1 aromatic rings. The highest BCUT2D eigenvalue weighted by atomic mass is 127. The van der Waals surface area contributed by atoms with Gasteiger partial charge in [0.05, 0.1) is 63.9 Å². The molecule has 0 fully saturated rings. The molecule has 0 spiro atoms. The maximum absolute atomic E-state index is 13.6. The molecule has 92 heavy (non-hydrogen) atoms. The lowest BCUT2D eigenvalue weighted by Crippen LogP contribution is -2.49. The number of allylic oxidation sites excluding steroid dienone is 3. The Hall–Kier alpha value is -2.31. The second-order valence-corrected chi connectivity index (χ2v) is 40.7. The molecule has 0 bridgehead atoms. The maximum atomic E-state index is 13.6. The van der Waals surface area contributed by atoms with Crippen LogP contribution in [-0.4, -0.2) is 139 Å². The maximum Gasteiger partial charge on any atom is 0.523 e. The molecule has 534 valence electrons. The number of hydrogen-bond acceptors (Lipinski definition) is 16. The Morgan fingerprint density at radius 3 is 1.86 bits per heavy atom. The van der Waals surface area contributed by atoms with Crippen LogP contribution in [0.25, 0.3) is 0 Å². The van der Waals surface area contributed by atoms with E-state index in [1.54, 1.807) is 51.1 Å². The summed E-state index contributed by atoms with van der Waals surface area (Å²) in [7, 11) is -3.38. The standard InChI is InChI=1S/C69H120F3IO15S2Si2/c1-48(39-43-85-91(20,21)67(9,10)11)31-32-49(2)59(79-16)37-34-51(4)66(88-92(22,23)68(12,13)14)54(7)60(83-47-89-19)29-25-24-26-30-64(75)87-58(28-27-41-73)45-62(80-17)50(3)33-38-61(82-46-56-35-36-57(78-15)44-63(56)81-18)53(6)65(86-55(8)74)52(5)40-42-84-90(76,77)69(70,71)72/h24-27,30,32,35-36,41,44,48,50-54,58-62,65-66H,28-29,31,33-34,37-40,42-43,45-47H2,1-23H3/b25-24+,30-26+,41-27+,49-32+/t48-,50+,51-,52-,53+,54+,58+,59+,60-,61-,62+,65-,66-/m1/s1. The number of benzene rings is 1. The largest absolute Gasteiger partial charge is 0.523 e. The van der Waals surface area contributed by atoms with Gasteiger partial charge in [0, 0.05) is 70.1 Å². The first kappa shape index (κ1) is 87.7. The molecule has 1 aromatic carbocycles. The minimum atomic E-state index is -5.83. The van der Waals surface area contributed by atoms with E-state index >= 15 is 0 Å². The summed E-state index contributed by atoms with van der Waals surface area (Å²) in [6.07, 6.45) is 16.6. The van der Waals surface area contributed by atoms with Crippen LogP contribution in [-0.2, 0) is 67.8 Å². The van der Waals surface area contributed by atoms with Gasteiger partial charge in [0.1, 0.15) is 23.7 Å². The summed E-state index contributed by atoms with van der Waals surface area (Å²) in [6, 6.07) is 5.30. The van der Waals surface area contributed by atoms with Gasteiger partial charge < -0.3 is 46.7 Å². The molecule has 0 aliphatic rings. The monoisotopic (exact) mass is 1490 g/mol. The van der Waals surface area contributed by atoms with Crippen LogP contribution >= 0.6 is 34.4 Å². The van der Waals surface area contributed by atoms with Crippen LogP contribution in [0.5, 0.6) is 11.5 Å². The van der Waals surface area contributed by atoms with Gasteiger partial charge in [0.25, 0.3) is 0 Å². The number of esters is 2. The summed E-state index contributed by atoms with van der Waals surface area (Å²) in [4.78, 5) is 26.2. The van der Waals surface area contributed by atoms with E-state index in [2.05, 4.69) is 128 Å². The SMILES string of the molecule is COc1ccc(CO[C@H](CC[C@H](C)[C@H](C[C@H](C/C=C/I)OC(=O)/C=C/C=C/C[C@@H](OCSC)[C@H](C)[C@H](O[Si](C)(C)C(C)(C)C)[C@H](C)CC[C@H](OC)/C(C)=C/C[C@@H](C)CCO[Si](C)(C)C(C)(C)C)OC)[C@H](C)[C@H](OC(C)=O)[C@H](C)CCOS(=O)(=O)C(F)(F)F)c(OC)c1. The number of alkyl halides is 3. The number of carbonyl (C=O) groups excluding carboxylic acids is 2. The van der Waals surface area contributed by atoms with E-state index < -0.39 is 81.0 Å². The van der Waals surface area contributed by atoms with Crippen molar-refractivity contribution >= 4 is 73.0 Å². The normalized spacial score (nSPS) is 17.8. The van der Waals surface area contributed by atoms with Crippen molar-refractivity contribution in [3.63, 3.8) is 0 Å². The van der Waals surface area contributed by atoms with Gasteiger partial charge in [-0.1, -0.05) is 136 Å². The summed E-state index contributed by atoms with van der Waals surface area (Å²) < 4.78 is 131. The molecule has 23 heteroatoms. The molecule has 0 unspecified atom stereocenters. The minimum absolute atomic E-state index is 0.00440. The van der Waals surface area contributed by atoms with Crippen LogP contribution in [0.4, 0.5) is 13.2 Å². The molecule has 0 N–H and O–H groups in total. The van der Waals surface area contributed by atoms with E-state index in [4.69, 9.17) is 46.7 Å². The van der Waals surface area contributed by atoms with Gasteiger partial charge in [-0.15, -0.1) is 11.8 Å². The Labute approximate surface area is 574 Å². The van der Waals surface area contributed by atoms with Crippen molar-refractivity contribution in [2.75, 3.05) is 53.8 Å². The Bertz CT molecular complexity index is 2520. The first-order valence-corrected chi connectivity index (χ1v) is 42.4. The number of hydrogen-bond donors (Lipinski definition) is 0. The van der Waals surface area contributed by atoms with E-state index in [0.717, 1.165) is 32.3 Å². The highest BCUT2D eigenvalue weighted by Gasteiger charge is 2.48. The number of rotatable bonds is 46. The van der Waals surface area contributed by atoms with Crippen LogP contribution in [0.3, 0.4) is 0 Å². The molecule has 0 heterocycles. The highest BCUT2D eigenvalue weighted by Crippen LogP contribution is 2.42. The molecular formula is C69H120F3IO15S2Si2. The van der Waals surface area contributed by atoms with Crippen molar-refractivity contribution in [1.29, 1.82) is 0 Å². The van der Waals surface area contributed by atoms with Gasteiger partial charge in [-0.05, 0) is 146 Å². The third-order valence-electron chi connectivity index (χ3n) is 18.7. The molecule has 13 atom stereocenters. The highest BCUT2D eigenvalue weighted by molar-refractivity contribution is 14.1. The van der Waals surface area contributed by atoms with Gasteiger partial charge in [0.15, 0.2) is 16.6 Å². The Balaban J connectivity index is 3.38. The lowest BCUT2D eigenvalue weighted by atomic mass is 9.83. The third-order valence-corrected chi connectivity index (χ3v) is 29.6. The second-order valence-electron chi connectivity index (χ2n) is 28.0. The molecule has 0 saturated heterocycles. The van der Waals surface area contributed by atoms with Gasteiger partial charge in [0.2, 0.25) is 0 Å². The average molecular weight is 1490 g/mol.